The molecule has 7 rings (SSSR count). The summed E-state index contributed by atoms with van der Waals surface area (Å²) in [6.45, 7) is 6.69. The number of carbonyl (C=O) groups is 1. The van der Waals surface area contributed by atoms with Gasteiger partial charge < -0.3 is 14.4 Å². The van der Waals surface area contributed by atoms with E-state index in [9.17, 15) is 4.79 Å². The number of ether oxygens (including phenoxy) is 2. The van der Waals surface area contributed by atoms with Crippen LogP contribution >= 0.6 is 0 Å². The molecular formula is C48H45NO3. The number of anilines is 1. The average Bonchev–Trinajstić information content (AvgIpc) is 3.18. The van der Waals surface area contributed by atoms with Crippen molar-refractivity contribution in [1.82, 2.24) is 0 Å². The fraction of sp³-hybridized carbons (Fsp3) is 0.188. The lowest BCUT2D eigenvalue weighted by molar-refractivity contribution is -0.115. The highest BCUT2D eigenvalue weighted by molar-refractivity contribution is 6.06. The van der Waals surface area contributed by atoms with E-state index in [1.54, 1.807) is 20.3 Å². The normalized spacial score (nSPS) is 16.7. The van der Waals surface area contributed by atoms with Gasteiger partial charge in [0.15, 0.2) is 11.5 Å². The molecule has 0 aromatic heterocycles. The molecule has 1 heterocycles. The SMILES string of the molecule is COc1ccc(C=CC(=O)N2c3ccc(C(c4ccccc4)(c4ccccc4)c4ccccc4)cc3C(C)(c3ccccc3)CC2(C)C)cc1OC. The second kappa shape index (κ2) is 14.0. The van der Waals surface area contributed by atoms with Gasteiger partial charge in [0.05, 0.1) is 19.6 Å². The molecule has 52 heavy (non-hydrogen) atoms. The minimum atomic E-state index is -0.620. The van der Waals surface area contributed by atoms with Gasteiger partial charge in [0.2, 0.25) is 0 Å². The van der Waals surface area contributed by atoms with Crippen LogP contribution in [0.3, 0.4) is 0 Å². The average molecular weight is 684 g/mol. The maximum absolute atomic E-state index is 14.5. The zero-order chi connectivity index (χ0) is 36.3. The standard InChI is InChI=1S/C48H45NO3/c1-46(2)34-47(3,36-18-10-6-11-19-36)41-33-40(28-29-42(41)49(46)45(50)31-27-35-26-30-43(51-4)44(32-35)52-5)48(37-20-12-7-13-21-37,38-22-14-8-15-23-38)39-24-16-9-17-25-39/h6-33H,34H2,1-5H3. The van der Waals surface area contributed by atoms with Crippen molar-refractivity contribution in [3.8, 4) is 11.5 Å². The van der Waals surface area contributed by atoms with Crippen molar-refractivity contribution in [2.24, 2.45) is 0 Å². The summed E-state index contributed by atoms with van der Waals surface area (Å²) < 4.78 is 11.0. The van der Waals surface area contributed by atoms with E-state index in [1.807, 2.05) is 29.2 Å². The number of methoxy groups -OCH3 is 2. The van der Waals surface area contributed by atoms with Gasteiger partial charge in [-0.3, -0.25) is 4.79 Å². The number of rotatable bonds is 9. The van der Waals surface area contributed by atoms with Gasteiger partial charge in [-0.1, -0.05) is 146 Å². The number of hydrogen-bond acceptors (Lipinski definition) is 3. The summed E-state index contributed by atoms with van der Waals surface area (Å²) in [5.74, 6) is 1.18. The molecule has 260 valence electrons. The van der Waals surface area contributed by atoms with Gasteiger partial charge in [0.25, 0.3) is 5.91 Å². The fourth-order valence-electron chi connectivity index (χ4n) is 8.52. The Morgan fingerprint density at radius 3 is 1.65 bits per heavy atom. The molecule has 0 bridgehead atoms. The highest BCUT2D eigenvalue weighted by atomic mass is 16.5. The Morgan fingerprint density at radius 2 is 1.13 bits per heavy atom. The van der Waals surface area contributed by atoms with Crippen LogP contribution in [-0.4, -0.2) is 25.7 Å². The molecule has 1 aliphatic rings. The second-order valence-electron chi connectivity index (χ2n) is 14.4. The van der Waals surface area contributed by atoms with Crippen LogP contribution in [0, 0.1) is 0 Å². The first-order chi connectivity index (χ1) is 25.2. The minimum absolute atomic E-state index is 0.0793. The summed E-state index contributed by atoms with van der Waals surface area (Å²) in [4.78, 5) is 16.5. The highest BCUT2D eigenvalue weighted by Crippen LogP contribution is 2.53. The molecule has 4 nitrogen and oxygen atoms in total. The van der Waals surface area contributed by atoms with Crippen molar-refractivity contribution in [2.75, 3.05) is 19.1 Å². The molecule has 6 aromatic rings. The predicted molar refractivity (Wildman–Crippen MR) is 212 cm³/mol. The number of carbonyl (C=O) groups excluding carboxylic acids is 1. The maximum atomic E-state index is 14.5. The van der Waals surface area contributed by atoms with Crippen molar-refractivity contribution >= 4 is 17.7 Å². The molecule has 6 aromatic carbocycles. The Hall–Kier alpha value is -5.87. The fourth-order valence-corrected chi connectivity index (χ4v) is 8.52. The van der Waals surface area contributed by atoms with Crippen molar-refractivity contribution < 1.29 is 14.3 Å². The third-order valence-corrected chi connectivity index (χ3v) is 10.7. The van der Waals surface area contributed by atoms with Crippen LogP contribution in [-0.2, 0) is 15.6 Å². The van der Waals surface area contributed by atoms with E-state index in [-0.39, 0.29) is 5.91 Å². The van der Waals surface area contributed by atoms with E-state index >= 15 is 0 Å². The molecule has 0 radical (unpaired) electrons. The van der Waals surface area contributed by atoms with Crippen LogP contribution in [0.4, 0.5) is 5.69 Å². The zero-order valence-corrected chi connectivity index (χ0v) is 30.5. The summed E-state index contributed by atoms with van der Waals surface area (Å²) >= 11 is 0. The molecule has 0 spiro atoms. The van der Waals surface area contributed by atoms with Crippen LogP contribution in [0.5, 0.6) is 11.5 Å². The Kier molecular flexibility index (Phi) is 9.33. The van der Waals surface area contributed by atoms with Crippen molar-refractivity contribution in [1.29, 1.82) is 0 Å². The summed E-state index contributed by atoms with van der Waals surface area (Å²) in [7, 11) is 3.23. The molecule has 1 atom stereocenters. The number of fused-ring (bicyclic) bond motifs is 1. The number of hydrogen-bond donors (Lipinski definition) is 0. The van der Waals surface area contributed by atoms with E-state index < -0.39 is 16.4 Å². The zero-order valence-electron chi connectivity index (χ0n) is 30.5. The molecular weight excluding hydrogens is 639 g/mol. The second-order valence-corrected chi connectivity index (χ2v) is 14.4. The van der Waals surface area contributed by atoms with E-state index in [1.165, 1.54) is 22.3 Å². The molecule has 4 heteroatoms. The quantitative estimate of drug-likeness (QED) is 0.112. The molecule has 0 aliphatic carbocycles. The molecule has 0 fully saturated rings. The van der Waals surface area contributed by atoms with E-state index in [0.29, 0.717) is 11.5 Å². The minimum Gasteiger partial charge on any atom is -0.493 e. The van der Waals surface area contributed by atoms with E-state index in [0.717, 1.165) is 28.8 Å². The van der Waals surface area contributed by atoms with Crippen molar-refractivity contribution in [2.45, 2.75) is 43.6 Å². The third kappa shape index (κ3) is 5.98. The van der Waals surface area contributed by atoms with Crippen LogP contribution in [0.1, 0.15) is 66.1 Å². The van der Waals surface area contributed by atoms with Gasteiger partial charge >= 0.3 is 0 Å². The molecule has 1 aliphatic heterocycles. The molecule has 1 unspecified atom stereocenters. The number of benzene rings is 6. The molecule has 0 N–H and O–H groups in total. The van der Waals surface area contributed by atoms with E-state index in [4.69, 9.17) is 9.47 Å². The summed E-state index contributed by atoms with van der Waals surface area (Å²) in [6.07, 6.45) is 4.25. The molecule has 0 saturated carbocycles. The number of amides is 1. The molecule has 1 amide bonds. The topological polar surface area (TPSA) is 38.8 Å². The Labute approximate surface area is 308 Å². The highest BCUT2D eigenvalue weighted by Gasteiger charge is 2.49. The van der Waals surface area contributed by atoms with Crippen LogP contribution in [0.15, 0.2) is 164 Å². The van der Waals surface area contributed by atoms with Gasteiger partial charge in [-0.15, -0.1) is 0 Å². The lowest BCUT2D eigenvalue weighted by Gasteiger charge is -2.51. The predicted octanol–water partition coefficient (Wildman–Crippen LogP) is 10.6. The largest absolute Gasteiger partial charge is 0.493 e. The summed E-state index contributed by atoms with van der Waals surface area (Å²) in [5.41, 5.74) is 7.26. The summed E-state index contributed by atoms with van der Waals surface area (Å²) in [5, 5.41) is 0. The van der Waals surface area contributed by atoms with Crippen LogP contribution < -0.4 is 14.4 Å². The van der Waals surface area contributed by atoms with Gasteiger partial charge in [-0.2, -0.15) is 0 Å². The smallest absolute Gasteiger partial charge is 0.251 e. The van der Waals surface area contributed by atoms with Gasteiger partial charge in [-0.05, 0) is 83.5 Å². The van der Waals surface area contributed by atoms with Crippen LogP contribution in [0.25, 0.3) is 6.08 Å². The van der Waals surface area contributed by atoms with E-state index in [2.05, 4.69) is 160 Å². The Bertz CT molecular complexity index is 2100. The first-order valence-corrected chi connectivity index (χ1v) is 17.8. The Morgan fingerprint density at radius 1 is 0.615 bits per heavy atom. The van der Waals surface area contributed by atoms with Crippen molar-refractivity contribution in [3.63, 3.8) is 0 Å². The Balaban J connectivity index is 1.46. The van der Waals surface area contributed by atoms with Crippen molar-refractivity contribution in [3.05, 3.63) is 203 Å². The number of nitrogens with zero attached hydrogens (tertiary/aromatic N) is 1. The van der Waals surface area contributed by atoms with Crippen LogP contribution in [0.2, 0.25) is 0 Å². The third-order valence-electron chi connectivity index (χ3n) is 10.7. The first-order valence-electron chi connectivity index (χ1n) is 17.8. The lowest BCUT2D eigenvalue weighted by Crippen LogP contribution is -2.55. The van der Waals surface area contributed by atoms with Gasteiger partial charge in [0.1, 0.15) is 0 Å². The summed E-state index contributed by atoms with van der Waals surface area (Å²) in [6, 6.07) is 55.5. The maximum Gasteiger partial charge on any atom is 0.251 e. The monoisotopic (exact) mass is 683 g/mol. The lowest BCUT2D eigenvalue weighted by atomic mass is 9.61. The molecule has 0 saturated heterocycles. The van der Waals surface area contributed by atoms with Gasteiger partial charge in [-0.25, -0.2) is 0 Å². The first kappa shape index (κ1) is 34.6. The van der Waals surface area contributed by atoms with Gasteiger partial charge in [0, 0.05) is 22.7 Å².